The summed E-state index contributed by atoms with van der Waals surface area (Å²) < 4.78 is 2.03. The third-order valence-corrected chi connectivity index (χ3v) is 4.37. The molecule has 1 heterocycles. The highest BCUT2D eigenvalue weighted by Gasteiger charge is 2.28. The average Bonchev–Trinajstić information content (AvgIpc) is 2.97. The molecule has 2 unspecified atom stereocenters. The zero-order valence-electron chi connectivity index (χ0n) is 11.9. The van der Waals surface area contributed by atoms with Crippen LogP contribution in [0.25, 0.3) is 11.4 Å². The number of nitrogens with two attached hydrogens (primary N) is 1. The first-order valence-electron chi connectivity index (χ1n) is 7.43. The van der Waals surface area contributed by atoms with E-state index in [9.17, 15) is 0 Å². The fourth-order valence-corrected chi connectivity index (χ4v) is 3.23. The van der Waals surface area contributed by atoms with Gasteiger partial charge in [0.15, 0.2) is 5.82 Å². The zero-order valence-corrected chi connectivity index (χ0v) is 11.9. The van der Waals surface area contributed by atoms with E-state index in [-0.39, 0.29) is 0 Å². The molecule has 0 aliphatic heterocycles. The molecule has 1 aliphatic rings. The quantitative estimate of drug-likeness (QED) is 0.871. The Balaban J connectivity index is 1.95. The van der Waals surface area contributed by atoms with Crippen LogP contribution in [0.4, 0.5) is 5.69 Å². The van der Waals surface area contributed by atoms with E-state index in [1.165, 1.54) is 32.1 Å². The molecular formula is C15H21N5. The van der Waals surface area contributed by atoms with E-state index in [4.69, 9.17) is 5.73 Å². The van der Waals surface area contributed by atoms with Gasteiger partial charge >= 0.3 is 0 Å². The maximum absolute atomic E-state index is 5.75. The maximum atomic E-state index is 5.75. The van der Waals surface area contributed by atoms with Gasteiger partial charge < -0.3 is 5.73 Å². The monoisotopic (exact) mass is 271 g/mol. The molecule has 2 N–H and O–H groups in total. The molecule has 5 heteroatoms. The van der Waals surface area contributed by atoms with Crippen LogP contribution < -0.4 is 5.73 Å². The second-order valence-electron chi connectivity index (χ2n) is 5.59. The van der Waals surface area contributed by atoms with E-state index in [0.717, 1.165) is 17.1 Å². The van der Waals surface area contributed by atoms with Crippen LogP contribution in [0.1, 0.15) is 45.1 Å². The molecule has 1 saturated carbocycles. The van der Waals surface area contributed by atoms with Crippen molar-refractivity contribution in [3.63, 3.8) is 0 Å². The Bertz CT molecular complexity index is 560. The van der Waals surface area contributed by atoms with E-state index in [1.807, 2.05) is 28.9 Å². The Labute approximate surface area is 119 Å². The summed E-state index contributed by atoms with van der Waals surface area (Å²) in [6, 6.07) is 8.19. The van der Waals surface area contributed by atoms with Gasteiger partial charge in [0.2, 0.25) is 0 Å². The zero-order chi connectivity index (χ0) is 13.9. The second-order valence-corrected chi connectivity index (χ2v) is 5.59. The first-order valence-corrected chi connectivity index (χ1v) is 7.43. The predicted octanol–water partition coefficient (Wildman–Crippen LogP) is 3.06. The number of rotatable bonds is 3. The van der Waals surface area contributed by atoms with E-state index in [2.05, 4.69) is 22.4 Å². The minimum atomic E-state index is 0.427. The van der Waals surface area contributed by atoms with Crippen LogP contribution in [0.2, 0.25) is 0 Å². The molecule has 1 fully saturated rings. The van der Waals surface area contributed by atoms with Gasteiger partial charge in [0.1, 0.15) is 0 Å². The lowest BCUT2D eigenvalue weighted by Crippen LogP contribution is -2.24. The van der Waals surface area contributed by atoms with Gasteiger partial charge in [-0.2, -0.15) is 0 Å². The lowest BCUT2D eigenvalue weighted by molar-refractivity contribution is 0.216. The maximum Gasteiger partial charge on any atom is 0.182 e. The van der Waals surface area contributed by atoms with E-state index < -0.39 is 0 Å². The van der Waals surface area contributed by atoms with Gasteiger partial charge in [0, 0.05) is 11.3 Å². The van der Waals surface area contributed by atoms with Crippen LogP contribution in [0.15, 0.2) is 24.3 Å². The third-order valence-electron chi connectivity index (χ3n) is 4.37. The van der Waals surface area contributed by atoms with Crippen LogP contribution in [-0.2, 0) is 0 Å². The smallest absolute Gasteiger partial charge is 0.182 e. The molecule has 1 aromatic heterocycles. The number of anilines is 1. The number of nitrogens with zero attached hydrogens (tertiary/aromatic N) is 4. The summed E-state index contributed by atoms with van der Waals surface area (Å²) in [5.41, 5.74) is 7.54. The number of tetrazole rings is 1. The van der Waals surface area contributed by atoms with Gasteiger partial charge in [-0.05, 0) is 53.5 Å². The molecule has 5 nitrogen and oxygen atoms in total. The van der Waals surface area contributed by atoms with Crippen molar-refractivity contribution >= 4 is 5.69 Å². The lowest BCUT2D eigenvalue weighted by atomic mass is 9.83. The SMILES string of the molecule is CCC1CCCCC1n1nnnc1-c1ccc(N)cc1. The summed E-state index contributed by atoms with van der Waals surface area (Å²) in [6.07, 6.45) is 6.23. The number of hydrogen-bond donors (Lipinski definition) is 1. The third kappa shape index (κ3) is 2.40. The van der Waals surface area contributed by atoms with Crippen molar-refractivity contribution in [3.05, 3.63) is 24.3 Å². The molecule has 3 rings (SSSR count). The predicted molar refractivity (Wildman–Crippen MR) is 79.0 cm³/mol. The normalized spacial score (nSPS) is 22.9. The molecule has 0 amide bonds. The molecule has 0 saturated heterocycles. The molecule has 0 bridgehead atoms. The van der Waals surface area contributed by atoms with Gasteiger partial charge in [0.25, 0.3) is 0 Å². The number of nitrogen functional groups attached to an aromatic ring is 1. The first kappa shape index (κ1) is 13.1. The fourth-order valence-electron chi connectivity index (χ4n) is 3.23. The van der Waals surface area contributed by atoms with Gasteiger partial charge in [-0.25, -0.2) is 4.68 Å². The minimum Gasteiger partial charge on any atom is -0.399 e. The summed E-state index contributed by atoms with van der Waals surface area (Å²) >= 11 is 0. The average molecular weight is 271 g/mol. The van der Waals surface area contributed by atoms with Crippen molar-refractivity contribution in [3.8, 4) is 11.4 Å². The minimum absolute atomic E-state index is 0.427. The molecule has 1 aliphatic carbocycles. The summed E-state index contributed by atoms with van der Waals surface area (Å²) in [5, 5.41) is 12.4. The van der Waals surface area contributed by atoms with Crippen molar-refractivity contribution in [2.24, 2.45) is 5.92 Å². The Morgan fingerprint density at radius 3 is 2.70 bits per heavy atom. The highest BCUT2D eigenvalue weighted by atomic mass is 15.5. The van der Waals surface area contributed by atoms with E-state index in [1.54, 1.807) is 0 Å². The molecule has 2 aromatic rings. The van der Waals surface area contributed by atoms with Crippen molar-refractivity contribution in [1.29, 1.82) is 0 Å². The van der Waals surface area contributed by atoms with E-state index in [0.29, 0.717) is 12.0 Å². The fraction of sp³-hybridized carbons (Fsp3) is 0.533. The van der Waals surface area contributed by atoms with Crippen LogP contribution in [-0.4, -0.2) is 20.2 Å². The van der Waals surface area contributed by atoms with E-state index >= 15 is 0 Å². The summed E-state index contributed by atoms with van der Waals surface area (Å²) in [7, 11) is 0. The molecule has 1 aromatic carbocycles. The Kier molecular flexibility index (Phi) is 3.67. The molecule has 106 valence electrons. The van der Waals surface area contributed by atoms with Gasteiger partial charge in [-0.1, -0.05) is 26.2 Å². The number of hydrogen-bond acceptors (Lipinski definition) is 4. The van der Waals surface area contributed by atoms with Crippen molar-refractivity contribution in [2.75, 3.05) is 5.73 Å². The summed E-state index contributed by atoms with van der Waals surface area (Å²) in [5.74, 6) is 1.54. The van der Waals surface area contributed by atoms with Crippen LogP contribution in [0.5, 0.6) is 0 Å². The van der Waals surface area contributed by atoms with Crippen molar-refractivity contribution in [2.45, 2.75) is 45.1 Å². The largest absolute Gasteiger partial charge is 0.399 e. The summed E-state index contributed by atoms with van der Waals surface area (Å²) in [4.78, 5) is 0. The summed E-state index contributed by atoms with van der Waals surface area (Å²) in [6.45, 7) is 2.26. The lowest BCUT2D eigenvalue weighted by Gasteiger charge is -2.31. The van der Waals surface area contributed by atoms with Crippen LogP contribution >= 0.6 is 0 Å². The van der Waals surface area contributed by atoms with Crippen LogP contribution in [0, 0.1) is 5.92 Å². The molecular weight excluding hydrogens is 250 g/mol. The first-order chi connectivity index (χ1) is 9.79. The standard InChI is InChI=1S/C15H21N5/c1-2-11-5-3-4-6-14(11)20-15(17-18-19-20)12-7-9-13(16)10-8-12/h7-11,14H,2-6,16H2,1H3. The van der Waals surface area contributed by atoms with Gasteiger partial charge in [-0.15, -0.1) is 5.10 Å². The van der Waals surface area contributed by atoms with Gasteiger partial charge in [-0.3, -0.25) is 0 Å². The van der Waals surface area contributed by atoms with Crippen molar-refractivity contribution in [1.82, 2.24) is 20.2 Å². The van der Waals surface area contributed by atoms with Gasteiger partial charge in [0.05, 0.1) is 6.04 Å². The Hall–Kier alpha value is -1.91. The second kappa shape index (κ2) is 5.61. The molecule has 0 spiro atoms. The molecule has 0 radical (unpaired) electrons. The highest BCUT2D eigenvalue weighted by Crippen LogP contribution is 2.37. The van der Waals surface area contributed by atoms with Crippen molar-refractivity contribution < 1.29 is 0 Å². The Morgan fingerprint density at radius 1 is 1.20 bits per heavy atom. The van der Waals surface area contributed by atoms with Crippen LogP contribution in [0.3, 0.4) is 0 Å². The topological polar surface area (TPSA) is 69.6 Å². The Morgan fingerprint density at radius 2 is 1.95 bits per heavy atom. The molecule has 20 heavy (non-hydrogen) atoms. The highest BCUT2D eigenvalue weighted by molar-refractivity contribution is 5.58. The number of benzene rings is 1. The number of aromatic nitrogens is 4. The molecule has 2 atom stereocenters.